The van der Waals surface area contributed by atoms with Crippen LogP contribution in [0.1, 0.15) is 25.8 Å². The van der Waals surface area contributed by atoms with Gasteiger partial charge in [0.2, 0.25) is 11.8 Å². The third-order valence-corrected chi connectivity index (χ3v) is 4.43. The largest absolute Gasteiger partial charge is 0.491 e. The Morgan fingerprint density at radius 2 is 1.93 bits per heavy atom. The number of amides is 2. The molecule has 5 nitrogen and oxygen atoms in total. The smallest absolute Gasteiger partial charge is 0.227 e. The summed E-state index contributed by atoms with van der Waals surface area (Å²) in [6.45, 7) is 4.37. The molecule has 0 aromatic heterocycles. The van der Waals surface area contributed by atoms with Gasteiger partial charge in [0.05, 0.1) is 17.7 Å². The lowest BCUT2D eigenvalue weighted by Crippen LogP contribution is -2.33. The number of nitrogens with zero attached hydrogens (tertiary/aromatic N) is 1. The molecule has 1 N–H and O–H groups in total. The lowest BCUT2D eigenvalue weighted by atomic mass is 10.1. The Morgan fingerprint density at radius 1 is 1.22 bits per heavy atom. The van der Waals surface area contributed by atoms with E-state index in [0.717, 1.165) is 11.3 Å². The molecule has 3 rings (SSSR count). The topological polar surface area (TPSA) is 58.6 Å². The molecular formula is C21H23FN2O3. The van der Waals surface area contributed by atoms with Gasteiger partial charge in [-0.1, -0.05) is 30.3 Å². The molecule has 142 valence electrons. The van der Waals surface area contributed by atoms with Crippen molar-refractivity contribution in [2.24, 2.45) is 5.92 Å². The number of benzene rings is 2. The first-order valence-electron chi connectivity index (χ1n) is 9.03. The summed E-state index contributed by atoms with van der Waals surface area (Å²) in [5.41, 5.74) is 1.09. The van der Waals surface area contributed by atoms with Crippen molar-refractivity contribution in [3.05, 3.63) is 59.9 Å². The number of carbonyl (C=O) groups excluding carboxylic acids is 2. The quantitative estimate of drug-likeness (QED) is 0.849. The SMILES string of the molecule is CC(C)Oc1ccccc1CNC(=O)[C@@H]1CC(=O)N(c2ccccc2F)C1. The van der Waals surface area contributed by atoms with Crippen molar-refractivity contribution in [2.45, 2.75) is 32.9 Å². The monoisotopic (exact) mass is 370 g/mol. The minimum Gasteiger partial charge on any atom is -0.491 e. The van der Waals surface area contributed by atoms with Crippen LogP contribution in [0.2, 0.25) is 0 Å². The Kier molecular flexibility index (Phi) is 5.74. The highest BCUT2D eigenvalue weighted by atomic mass is 19.1. The van der Waals surface area contributed by atoms with E-state index in [4.69, 9.17) is 4.74 Å². The van der Waals surface area contributed by atoms with Crippen LogP contribution in [-0.4, -0.2) is 24.5 Å². The molecule has 1 aliphatic rings. The number of carbonyl (C=O) groups is 2. The van der Waals surface area contributed by atoms with Crippen LogP contribution in [0, 0.1) is 11.7 Å². The average Bonchev–Trinajstić information content (AvgIpc) is 3.02. The molecule has 0 bridgehead atoms. The summed E-state index contributed by atoms with van der Waals surface area (Å²) < 4.78 is 19.7. The van der Waals surface area contributed by atoms with Gasteiger partial charge < -0.3 is 15.0 Å². The molecule has 6 heteroatoms. The van der Waals surface area contributed by atoms with Gasteiger partial charge in [-0.3, -0.25) is 9.59 Å². The van der Waals surface area contributed by atoms with E-state index in [1.807, 2.05) is 38.1 Å². The van der Waals surface area contributed by atoms with Crippen molar-refractivity contribution in [3.63, 3.8) is 0 Å². The number of hydrogen-bond donors (Lipinski definition) is 1. The molecule has 2 aromatic carbocycles. The van der Waals surface area contributed by atoms with Gasteiger partial charge in [-0.05, 0) is 32.0 Å². The number of anilines is 1. The molecule has 0 aliphatic carbocycles. The second-order valence-corrected chi connectivity index (χ2v) is 6.85. The second kappa shape index (κ2) is 8.20. The maximum Gasteiger partial charge on any atom is 0.227 e. The van der Waals surface area contributed by atoms with Gasteiger partial charge in [-0.25, -0.2) is 4.39 Å². The van der Waals surface area contributed by atoms with Crippen LogP contribution in [0.15, 0.2) is 48.5 Å². The Bertz CT molecular complexity index is 838. The average molecular weight is 370 g/mol. The van der Waals surface area contributed by atoms with E-state index in [1.54, 1.807) is 18.2 Å². The Balaban J connectivity index is 1.63. The molecule has 0 radical (unpaired) electrons. The maximum absolute atomic E-state index is 14.0. The minimum absolute atomic E-state index is 0.0311. The fourth-order valence-electron chi connectivity index (χ4n) is 3.13. The number of ether oxygens (including phenoxy) is 1. The lowest BCUT2D eigenvalue weighted by Gasteiger charge is -2.18. The van der Waals surface area contributed by atoms with Crippen LogP contribution in [-0.2, 0) is 16.1 Å². The van der Waals surface area contributed by atoms with Gasteiger partial charge in [0.25, 0.3) is 0 Å². The Labute approximate surface area is 158 Å². The van der Waals surface area contributed by atoms with E-state index in [1.165, 1.54) is 11.0 Å². The summed E-state index contributed by atoms with van der Waals surface area (Å²) in [5, 5.41) is 2.87. The predicted molar refractivity (Wildman–Crippen MR) is 101 cm³/mol. The second-order valence-electron chi connectivity index (χ2n) is 6.85. The highest BCUT2D eigenvalue weighted by molar-refractivity contribution is 6.00. The number of nitrogens with one attached hydrogen (secondary N) is 1. The first-order valence-corrected chi connectivity index (χ1v) is 9.03. The number of halogens is 1. The minimum atomic E-state index is -0.504. The number of hydrogen-bond acceptors (Lipinski definition) is 3. The standard InChI is InChI=1S/C21H23FN2O3/c1-14(2)27-19-10-6-3-7-15(19)12-23-21(26)16-11-20(25)24(13-16)18-9-5-4-8-17(18)22/h3-10,14,16H,11-13H2,1-2H3,(H,23,26)/t16-/m1/s1. The summed E-state index contributed by atoms with van der Waals surface area (Å²) in [4.78, 5) is 26.1. The molecule has 1 fully saturated rings. The fraction of sp³-hybridized carbons (Fsp3) is 0.333. The van der Waals surface area contributed by atoms with Crippen LogP contribution in [0.5, 0.6) is 5.75 Å². The molecule has 0 unspecified atom stereocenters. The van der Waals surface area contributed by atoms with Crippen molar-refractivity contribution in [1.82, 2.24) is 5.32 Å². The zero-order valence-electron chi connectivity index (χ0n) is 15.4. The molecule has 27 heavy (non-hydrogen) atoms. The first kappa shape index (κ1) is 18.9. The highest BCUT2D eigenvalue weighted by Crippen LogP contribution is 2.27. The zero-order valence-corrected chi connectivity index (χ0v) is 15.4. The fourth-order valence-corrected chi connectivity index (χ4v) is 3.13. The van der Waals surface area contributed by atoms with Gasteiger partial charge in [0.15, 0.2) is 0 Å². The van der Waals surface area contributed by atoms with E-state index >= 15 is 0 Å². The highest BCUT2D eigenvalue weighted by Gasteiger charge is 2.36. The molecule has 1 heterocycles. The molecule has 2 amide bonds. The van der Waals surface area contributed by atoms with Crippen LogP contribution in [0.4, 0.5) is 10.1 Å². The number of rotatable bonds is 6. The van der Waals surface area contributed by atoms with Crippen molar-refractivity contribution in [2.75, 3.05) is 11.4 Å². The van der Waals surface area contributed by atoms with Gasteiger partial charge in [-0.15, -0.1) is 0 Å². The summed E-state index contributed by atoms with van der Waals surface area (Å²) in [6.07, 6.45) is 0.105. The van der Waals surface area contributed by atoms with Crippen LogP contribution in [0.25, 0.3) is 0 Å². The molecule has 0 saturated carbocycles. The molecule has 0 spiro atoms. The third-order valence-electron chi connectivity index (χ3n) is 4.43. The zero-order chi connectivity index (χ0) is 19.4. The van der Waals surface area contributed by atoms with Crippen molar-refractivity contribution >= 4 is 17.5 Å². The van der Waals surface area contributed by atoms with E-state index in [0.29, 0.717) is 6.54 Å². The predicted octanol–water partition coefficient (Wildman–Crippen LogP) is 3.28. The molecule has 1 aliphatic heterocycles. The summed E-state index contributed by atoms with van der Waals surface area (Å²) in [7, 11) is 0. The van der Waals surface area contributed by atoms with Gasteiger partial charge in [0, 0.05) is 25.1 Å². The van der Waals surface area contributed by atoms with Crippen LogP contribution < -0.4 is 15.0 Å². The van der Waals surface area contributed by atoms with Crippen LogP contribution in [0.3, 0.4) is 0 Å². The molecule has 1 saturated heterocycles. The van der Waals surface area contributed by atoms with Gasteiger partial charge in [0.1, 0.15) is 11.6 Å². The van der Waals surface area contributed by atoms with Gasteiger partial charge >= 0.3 is 0 Å². The summed E-state index contributed by atoms with van der Waals surface area (Å²) in [5.74, 6) is -0.712. The van der Waals surface area contributed by atoms with E-state index in [2.05, 4.69) is 5.32 Å². The third kappa shape index (κ3) is 4.45. The van der Waals surface area contributed by atoms with Crippen molar-refractivity contribution < 1.29 is 18.7 Å². The lowest BCUT2D eigenvalue weighted by molar-refractivity contribution is -0.126. The Hall–Kier alpha value is -2.89. The molecule has 1 atom stereocenters. The van der Waals surface area contributed by atoms with Crippen molar-refractivity contribution in [3.8, 4) is 5.75 Å². The molecule has 2 aromatic rings. The summed E-state index contributed by atoms with van der Waals surface area (Å²) >= 11 is 0. The number of para-hydroxylation sites is 2. The van der Waals surface area contributed by atoms with E-state index in [9.17, 15) is 14.0 Å². The maximum atomic E-state index is 14.0. The Morgan fingerprint density at radius 3 is 2.67 bits per heavy atom. The van der Waals surface area contributed by atoms with Crippen LogP contribution >= 0.6 is 0 Å². The van der Waals surface area contributed by atoms with Gasteiger partial charge in [-0.2, -0.15) is 0 Å². The van der Waals surface area contributed by atoms with E-state index in [-0.39, 0.29) is 36.6 Å². The molecular weight excluding hydrogens is 347 g/mol. The summed E-state index contributed by atoms with van der Waals surface area (Å²) in [6, 6.07) is 13.6. The first-order chi connectivity index (χ1) is 13.0. The van der Waals surface area contributed by atoms with E-state index < -0.39 is 11.7 Å². The van der Waals surface area contributed by atoms with Crippen molar-refractivity contribution in [1.29, 1.82) is 0 Å². The normalized spacial score (nSPS) is 16.7.